The molecular formula is CH10N2O6S. The maximum absolute atomic E-state index is 8.52. The first-order valence-corrected chi connectivity index (χ1v) is 2.49. The summed E-state index contributed by atoms with van der Waals surface area (Å²) < 4.78 is 34.1. The van der Waals surface area contributed by atoms with Gasteiger partial charge in [0.1, 0.15) is 0 Å². The van der Waals surface area contributed by atoms with Crippen molar-refractivity contribution in [2.24, 2.45) is 0 Å². The smallest absolute Gasteiger partial charge is 0.290 e. The minimum absolute atomic E-state index is 0. The van der Waals surface area contributed by atoms with Crippen LogP contribution in [0.25, 0.3) is 0 Å². The zero-order chi connectivity index (χ0) is 7.21. The van der Waals surface area contributed by atoms with Crippen LogP contribution in [-0.4, -0.2) is 29.1 Å². The molecule has 9 N–H and O–H groups in total. The van der Waals surface area contributed by atoms with E-state index in [1.165, 1.54) is 0 Å². The fraction of sp³-hybridized carbons (Fsp3) is 0. The van der Waals surface area contributed by atoms with E-state index >= 15 is 0 Å². The summed E-state index contributed by atoms with van der Waals surface area (Å²) in [5.74, 6) is 0. The van der Waals surface area contributed by atoms with Gasteiger partial charge in [0, 0.05) is 10.4 Å². The summed E-state index contributed by atoms with van der Waals surface area (Å²) in [5.41, 5.74) is 0. The van der Waals surface area contributed by atoms with E-state index in [1.807, 2.05) is 0 Å². The van der Waals surface area contributed by atoms with Crippen molar-refractivity contribution >= 4 is 16.9 Å². The molecule has 0 aromatic carbocycles. The second-order valence-corrected chi connectivity index (χ2v) is 1.33. The summed E-state index contributed by atoms with van der Waals surface area (Å²) in [6.07, 6.45) is 0. The molecule has 66 valence electrons. The molecule has 10 heavy (non-hydrogen) atoms. The number of hydrogen-bond donors (Lipinski definition) is 3. The van der Waals surface area contributed by atoms with Gasteiger partial charge in [0.25, 0.3) is 6.47 Å². The molecule has 9 heteroatoms. The molecule has 0 aliphatic rings. The SMILES string of the molecule is O=CO.O=S(=O)([O-])[O-].[NH4+].[NH4+]. The first-order valence-electron chi connectivity index (χ1n) is 1.16. The molecule has 0 saturated heterocycles. The normalized spacial score (nSPS) is 7.00. The molecule has 0 aromatic heterocycles. The summed E-state index contributed by atoms with van der Waals surface area (Å²) in [5, 5.41) is 6.89. The van der Waals surface area contributed by atoms with Gasteiger partial charge in [0.05, 0.1) is 0 Å². The predicted molar refractivity (Wildman–Crippen MR) is 31.1 cm³/mol. The van der Waals surface area contributed by atoms with Crippen molar-refractivity contribution in [3.63, 3.8) is 0 Å². The van der Waals surface area contributed by atoms with Gasteiger partial charge in [0.15, 0.2) is 0 Å². The van der Waals surface area contributed by atoms with Gasteiger partial charge < -0.3 is 26.5 Å². The third kappa shape index (κ3) is 520. The molecule has 0 amide bonds. The topological polar surface area (TPSA) is 191 Å². The second kappa shape index (κ2) is 11.1. The van der Waals surface area contributed by atoms with E-state index in [2.05, 4.69) is 0 Å². The molecule has 0 spiro atoms. The van der Waals surface area contributed by atoms with E-state index in [4.69, 9.17) is 27.4 Å². The van der Waals surface area contributed by atoms with Gasteiger partial charge in [-0.3, -0.25) is 13.2 Å². The molecule has 0 aliphatic carbocycles. The molecule has 0 aromatic rings. The fourth-order valence-electron chi connectivity index (χ4n) is 0. The molecule has 0 heterocycles. The minimum atomic E-state index is -5.17. The molecule has 0 atom stereocenters. The molecule has 0 radical (unpaired) electrons. The van der Waals surface area contributed by atoms with E-state index in [1.54, 1.807) is 0 Å². The van der Waals surface area contributed by atoms with Crippen LogP contribution in [-0.2, 0) is 15.2 Å². The Morgan fingerprint density at radius 1 is 1.20 bits per heavy atom. The van der Waals surface area contributed by atoms with E-state index < -0.39 is 10.4 Å². The van der Waals surface area contributed by atoms with Gasteiger partial charge in [-0.1, -0.05) is 0 Å². The summed E-state index contributed by atoms with van der Waals surface area (Å²) in [4.78, 5) is 8.36. The Morgan fingerprint density at radius 3 is 1.20 bits per heavy atom. The maximum atomic E-state index is 8.52. The van der Waals surface area contributed by atoms with E-state index in [9.17, 15) is 0 Å². The Hall–Kier alpha value is -0.740. The molecule has 0 unspecified atom stereocenters. The Balaban J connectivity index is -0.0000000326. The Morgan fingerprint density at radius 2 is 1.20 bits per heavy atom. The average molecular weight is 178 g/mol. The summed E-state index contributed by atoms with van der Waals surface area (Å²) in [6, 6.07) is 0. The number of rotatable bonds is 0. The molecule has 0 aliphatic heterocycles. The van der Waals surface area contributed by atoms with E-state index in [0.717, 1.165) is 0 Å². The van der Waals surface area contributed by atoms with Crippen LogP contribution < -0.4 is 12.3 Å². The van der Waals surface area contributed by atoms with Crippen molar-refractivity contribution in [2.75, 3.05) is 0 Å². The highest BCUT2D eigenvalue weighted by molar-refractivity contribution is 7.79. The first kappa shape index (κ1) is 22.8. The predicted octanol–water partition coefficient (Wildman–Crippen LogP) is -0.885. The highest BCUT2D eigenvalue weighted by Crippen LogP contribution is 1.57. The number of carboxylic acid groups (broad SMARTS) is 1. The van der Waals surface area contributed by atoms with Crippen molar-refractivity contribution in [3.05, 3.63) is 0 Å². The molecule has 0 fully saturated rings. The fourth-order valence-corrected chi connectivity index (χ4v) is 0. The lowest BCUT2D eigenvalue weighted by atomic mass is 11.7. The lowest BCUT2D eigenvalue weighted by molar-refractivity contribution is -0.122. The highest BCUT2D eigenvalue weighted by Gasteiger charge is 1.49. The van der Waals surface area contributed by atoms with Crippen molar-refractivity contribution in [3.8, 4) is 0 Å². The van der Waals surface area contributed by atoms with Gasteiger partial charge in [-0.05, 0) is 0 Å². The van der Waals surface area contributed by atoms with E-state index in [0.29, 0.717) is 0 Å². The van der Waals surface area contributed by atoms with Crippen LogP contribution in [0.5, 0.6) is 0 Å². The number of hydrogen-bond acceptors (Lipinski definition) is 5. The van der Waals surface area contributed by atoms with Crippen LogP contribution in [0.2, 0.25) is 0 Å². The molecular weight excluding hydrogens is 168 g/mol. The molecule has 0 bridgehead atoms. The third-order valence-electron chi connectivity index (χ3n) is 0. The third-order valence-corrected chi connectivity index (χ3v) is 0. The highest BCUT2D eigenvalue weighted by atomic mass is 32.3. The van der Waals surface area contributed by atoms with Crippen LogP contribution in [0, 0.1) is 0 Å². The van der Waals surface area contributed by atoms with Crippen molar-refractivity contribution < 1.29 is 27.4 Å². The van der Waals surface area contributed by atoms with Gasteiger partial charge in [-0.15, -0.1) is 0 Å². The summed E-state index contributed by atoms with van der Waals surface area (Å²) >= 11 is 0. The number of quaternary nitrogens is 2. The molecule has 0 rings (SSSR count). The van der Waals surface area contributed by atoms with Crippen LogP contribution in [0.3, 0.4) is 0 Å². The Kier molecular flexibility index (Phi) is 25.4. The van der Waals surface area contributed by atoms with Crippen molar-refractivity contribution in [1.29, 1.82) is 0 Å². The number of carbonyl (C=O) groups is 1. The molecule has 0 saturated carbocycles. The van der Waals surface area contributed by atoms with Gasteiger partial charge >= 0.3 is 0 Å². The van der Waals surface area contributed by atoms with E-state index in [-0.39, 0.29) is 18.8 Å². The second-order valence-electron chi connectivity index (χ2n) is 0.514. The van der Waals surface area contributed by atoms with Crippen LogP contribution >= 0.6 is 0 Å². The van der Waals surface area contributed by atoms with Crippen LogP contribution in [0.15, 0.2) is 0 Å². The Labute approximate surface area is 57.6 Å². The lowest BCUT2D eigenvalue weighted by Gasteiger charge is -2.06. The van der Waals surface area contributed by atoms with Gasteiger partial charge in [0.2, 0.25) is 0 Å². The van der Waals surface area contributed by atoms with Gasteiger partial charge in [-0.25, -0.2) is 0 Å². The zero-order valence-corrected chi connectivity index (χ0v) is 6.29. The van der Waals surface area contributed by atoms with Crippen LogP contribution in [0.1, 0.15) is 0 Å². The average Bonchev–Trinajstić information content (AvgIpc) is 1.27. The first-order chi connectivity index (χ1) is 3.41. The lowest BCUT2D eigenvalue weighted by Crippen LogP contribution is -1.91. The van der Waals surface area contributed by atoms with Crippen molar-refractivity contribution in [1.82, 2.24) is 12.3 Å². The Bertz CT molecular complexity index is 130. The molecule has 8 nitrogen and oxygen atoms in total. The largest absolute Gasteiger partial charge is 0.759 e. The standard InChI is InChI=1S/CH2O2.2H3N.H2O4S/c2-1-3;;;1-5(2,3)4/h1H,(H,2,3);2*1H3;(H2,1,2,3,4). The maximum Gasteiger partial charge on any atom is 0.290 e. The minimum Gasteiger partial charge on any atom is -0.759 e. The van der Waals surface area contributed by atoms with Crippen LogP contribution in [0.4, 0.5) is 0 Å². The quantitative estimate of drug-likeness (QED) is 0.244. The summed E-state index contributed by atoms with van der Waals surface area (Å²) in [6.45, 7) is -0.250. The monoisotopic (exact) mass is 178 g/mol. The van der Waals surface area contributed by atoms with Gasteiger partial charge in [-0.2, -0.15) is 0 Å². The summed E-state index contributed by atoms with van der Waals surface area (Å²) in [7, 11) is -5.17. The van der Waals surface area contributed by atoms with Crippen molar-refractivity contribution in [2.45, 2.75) is 0 Å². The zero-order valence-electron chi connectivity index (χ0n) is 5.47.